The number of aromatic amines is 1. The van der Waals surface area contributed by atoms with Crippen molar-refractivity contribution in [3.63, 3.8) is 0 Å². The Kier molecular flexibility index (Phi) is 5.34. The molecule has 1 atom stereocenters. The van der Waals surface area contributed by atoms with Crippen LogP contribution in [-0.2, 0) is 4.74 Å². The third kappa shape index (κ3) is 3.32. The molecular weight excluding hydrogens is 230 g/mol. The van der Waals surface area contributed by atoms with Crippen LogP contribution in [0.3, 0.4) is 0 Å². The minimum atomic E-state index is -0.184. The highest BCUT2D eigenvalue weighted by atomic mass is 16.5. The summed E-state index contributed by atoms with van der Waals surface area (Å²) < 4.78 is 5.59. The van der Waals surface area contributed by atoms with E-state index >= 15 is 0 Å². The van der Waals surface area contributed by atoms with Crippen LogP contribution in [0.4, 0.5) is 5.82 Å². The van der Waals surface area contributed by atoms with E-state index in [9.17, 15) is 4.79 Å². The van der Waals surface area contributed by atoms with Crippen molar-refractivity contribution in [2.24, 2.45) is 0 Å². The second kappa shape index (κ2) is 6.54. The van der Waals surface area contributed by atoms with Gasteiger partial charge in [-0.1, -0.05) is 27.2 Å². The van der Waals surface area contributed by atoms with Gasteiger partial charge in [0.05, 0.1) is 5.56 Å². The lowest BCUT2D eigenvalue weighted by atomic mass is 10.1. The number of H-pyrrole nitrogens is 1. The number of aromatic nitrogens is 2. The second-order valence-corrected chi connectivity index (χ2v) is 4.64. The SMILES string of the molecule is CCCC(OCC)c1nc(N)c(C(C)C)c(=O)[nH]1. The van der Waals surface area contributed by atoms with Gasteiger partial charge >= 0.3 is 0 Å². The molecule has 0 bridgehead atoms. The maximum Gasteiger partial charge on any atom is 0.256 e. The van der Waals surface area contributed by atoms with Crippen LogP contribution in [0.2, 0.25) is 0 Å². The number of nitrogen functional groups attached to an aromatic ring is 1. The second-order valence-electron chi connectivity index (χ2n) is 4.64. The first-order valence-electron chi connectivity index (χ1n) is 6.52. The average Bonchev–Trinajstić information content (AvgIpc) is 2.27. The Morgan fingerprint density at radius 1 is 1.39 bits per heavy atom. The molecule has 0 fully saturated rings. The lowest BCUT2D eigenvalue weighted by molar-refractivity contribution is 0.0492. The Bertz CT molecular complexity index is 434. The average molecular weight is 253 g/mol. The van der Waals surface area contributed by atoms with E-state index < -0.39 is 0 Å². The Hall–Kier alpha value is -1.36. The molecule has 0 spiro atoms. The normalized spacial score (nSPS) is 12.9. The molecule has 1 heterocycles. The number of nitrogens with one attached hydrogen (secondary N) is 1. The van der Waals surface area contributed by atoms with E-state index in [1.165, 1.54) is 0 Å². The third-order valence-corrected chi connectivity index (χ3v) is 2.80. The number of ether oxygens (including phenoxy) is 1. The molecule has 1 aromatic heterocycles. The molecule has 5 nitrogen and oxygen atoms in total. The molecule has 1 aromatic rings. The van der Waals surface area contributed by atoms with Crippen molar-refractivity contribution in [2.75, 3.05) is 12.3 Å². The van der Waals surface area contributed by atoms with Crippen molar-refractivity contribution in [3.05, 3.63) is 21.7 Å². The lowest BCUT2D eigenvalue weighted by Gasteiger charge is -2.17. The molecule has 0 aliphatic carbocycles. The molecule has 102 valence electrons. The van der Waals surface area contributed by atoms with Gasteiger partial charge in [-0.15, -0.1) is 0 Å². The van der Waals surface area contributed by atoms with Crippen LogP contribution < -0.4 is 11.3 Å². The summed E-state index contributed by atoms with van der Waals surface area (Å²) in [6, 6.07) is 0. The molecule has 0 aliphatic rings. The van der Waals surface area contributed by atoms with Gasteiger partial charge in [-0.3, -0.25) is 4.79 Å². The van der Waals surface area contributed by atoms with Gasteiger partial charge < -0.3 is 15.5 Å². The van der Waals surface area contributed by atoms with E-state index in [4.69, 9.17) is 10.5 Å². The summed E-state index contributed by atoms with van der Waals surface area (Å²) in [5.74, 6) is 0.905. The van der Waals surface area contributed by atoms with Gasteiger partial charge in [0.1, 0.15) is 17.7 Å². The maximum absolute atomic E-state index is 12.0. The molecule has 0 aliphatic heterocycles. The fourth-order valence-electron chi connectivity index (χ4n) is 1.99. The number of hydrogen-bond donors (Lipinski definition) is 2. The molecule has 5 heteroatoms. The van der Waals surface area contributed by atoms with Gasteiger partial charge in [0.15, 0.2) is 0 Å². The highest BCUT2D eigenvalue weighted by Crippen LogP contribution is 2.21. The van der Waals surface area contributed by atoms with Crippen LogP contribution in [0.15, 0.2) is 4.79 Å². The minimum Gasteiger partial charge on any atom is -0.383 e. The first kappa shape index (κ1) is 14.7. The highest BCUT2D eigenvalue weighted by molar-refractivity contribution is 5.39. The molecule has 0 aromatic carbocycles. The molecule has 3 N–H and O–H groups in total. The lowest BCUT2D eigenvalue weighted by Crippen LogP contribution is -2.23. The van der Waals surface area contributed by atoms with Gasteiger partial charge in [0.2, 0.25) is 0 Å². The number of nitrogens with zero attached hydrogens (tertiary/aromatic N) is 1. The Morgan fingerprint density at radius 3 is 2.50 bits per heavy atom. The van der Waals surface area contributed by atoms with Crippen LogP contribution in [-0.4, -0.2) is 16.6 Å². The molecule has 0 amide bonds. The summed E-state index contributed by atoms with van der Waals surface area (Å²) in [4.78, 5) is 19.1. The Labute approximate surface area is 108 Å². The Morgan fingerprint density at radius 2 is 2.06 bits per heavy atom. The summed E-state index contributed by atoms with van der Waals surface area (Å²) >= 11 is 0. The quantitative estimate of drug-likeness (QED) is 0.815. The standard InChI is InChI=1S/C13H23N3O2/c1-5-7-9(18-6-2)12-15-11(14)10(8(3)4)13(17)16-12/h8-9H,5-7H2,1-4H3,(H3,14,15,16,17). The van der Waals surface area contributed by atoms with Crippen molar-refractivity contribution < 1.29 is 4.74 Å². The van der Waals surface area contributed by atoms with Crippen molar-refractivity contribution >= 4 is 5.82 Å². The van der Waals surface area contributed by atoms with Gasteiger partial charge in [-0.05, 0) is 19.3 Å². The van der Waals surface area contributed by atoms with E-state index in [1.807, 2.05) is 20.8 Å². The van der Waals surface area contributed by atoms with Crippen LogP contribution >= 0.6 is 0 Å². The molecular formula is C13H23N3O2. The smallest absolute Gasteiger partial charge is 0.256 e. The molecule has 1 unspecified atom stereocenters. The predicted octanol–water partition coefficient (Wildman–Crippen LogP) is 2.35. The summed E-state index contributed by atoms with van der Waals surface area (Å²) in [6.07, 6.45) is 1.59. The summed E-state index contributed by atoms with van der Waals surface area (Å²) in [6.45, 7) is 8.42. The van der Waals surface area contributed by atoms with Crippen LogP contribution in [0.5, 0.6) is 0 Å². The molecule has 18 heavy (non-hydrogen) atoms. The summed E-state index contributed by atoms with van der Waals surface area (Å²) in [5.41, 5.74) is 6.25. The maximum atomic E-state index is 12.0. The zero-order valence-electron chi connectivity index (χ0n) is 11.6. The van der Waals surface area contributed by atoms with Gasteiger partial charge in [-0.25, -0.2) is 4.98 Å². The number of hydrogen-bond acceptors (Lipinski definition) is 4. The molecule has 0 radical (unpaired) electrons. The van der Waals surface area contributed by atoms with E-state index in [0.717, 1.165) is 12.8 Å². The van der Waals surface area contributed by atoms with Crippen molar-refractivity contribution in [1.29, 1.82) is 0 Å². The fraction of sp³-hybridized carbons (Fsp3) is 0.692. The van der Waals surface area contributed by atoms with E-state index in [1.54, 1.807) is 0 Å². The zero-order valence-corrected chi connectivity index (χ0v) is 11.6. The third-order valence-electron chi connectivity index (χ3n) is 2.80. The fourth-order valence-corrected chi connectivity index (χ4v) is 1.99. The van der Waals surface area contributed by atoms with Crippen molar-refractivity contribution in [2.45, 2.75) is 52.6 Å². The monoisotopic (exact) mass is 253 g/mol. The van der Waals surface area contributed by atoms with E-state index in [2.05, 4.69) is 16.9 Å². The largest absolute Gasteiger partial charge is 0.383 e. The number of nitrogens with two attached hydrogens (primary N) is 1. The molecule has 1 rings (SSSR count). The molecule has 0 saturated heterocycles. The van der Waals surface area contributed by atoms with Crippen LogP contribution in [0, 0.1) is 0 Å². The molecule has 0 saturated carbocycles. The summed E-state index contributed by atoms with van der Waals surface area (Å²) in [5, 5.41) is 0. The predicted molar refractivity (Wildman–Crippen MR) is 72.6 cm³/mol. The van der Waals surface area contributed by atoms with Crippen LogP contribution in [0.1, 0.15) is 63.9 Å². The summed E-state index contributed by atoms with van der Waals surface area (Å²) in [7, 11) is 0. The number of anilines is 1. The first-order valence-corrected chi connectivity index (χ1v) is 6.52. The van der Waals surface area contributed by atoms with Crippen molar-refractivity contribution in [1.82, 2.24) is 9.97 Å². The van der Waals surface area contributed by atoms with Gasteiger partial charge in [0.25, 0.3) is 5.56 Å². The topological polar surface area (TPSA) is 81.0 Å². The Balaban J connectivity index is 3.14. The van der Waals surface area contributed by atoms with E-state index in [-0.39, 0.29) is 17.6 Å². The van der Waals surface area contributed by atoms with E-state index in [0.29, 0.717) is 23.8 Å². The van der Waals surface area contributed by atoms with Crippen LogP contribution in [0.25, 0.3) is 0 Å². The first-order chi connectivity index (χ1) is 8.51. The van der Waals surface area contributed by atoms with Crippen molar-refractivity contribution in [3.8, 4) is 0 Å². The minimum absolute atomic E-state index is 0.0621. The zero-order chi connectivity index (χ0) is 13.7. The van der Waals surface area contributed by atoms with Gasteiger partial charge in [0, 0.05) is 6.61 Å². The highest BCUT2D eigenvalue weighted by Gasteiger charge is 2.18. The number of rotatable bonds is 6. The van der Waals surface area contributed by atoms with Gasteiger partial charge in [-0.2, -0.15) is 0 Å².